The molecule has 1 fully saturated rings. The van der Waals surface area contributed by atoms with E-state index < -0.39 is 0 Å². The molecule has 0 amide bonds. The number of aryl methyl sites for hydroxylation is 4. The summed E-state index contributed by atoms with van der Waals surface area (Å²) in [4.78, 5) is 29.0. The zero-order valence-corrected chi connectivity index (χ0v) is 39.8. The molecule has 340 valence electrons. The lowest BCUT2D eigenvalue weighted by atomic mass is 9.65. The maximum atomic E-state index is 12.1. The van der Waals surface area contributed by atoms with Gasteiger partial charge in [-0.15, -0.1) is 0 Å². The summed E-state index contributed by atoms with van der Waals surface area (Å²) >= 11 is 0. The molecule has 6 aromatic rings. The zero-order valence-electron chi connectivity index (χ0n) is 39.8. The molecule has 0 spiro atoms. The summed E-state index contributed by atoms with van der Waals surface area (Å²) in [7, 11) is 0. The molecule has 0 unspecified atom stereocenters. The number of anilines is 6. The van der Waals surface area contributed by atoms with Crippen molar-refractivity contribution in [2.75, 3.05) is 23.0 Å². The average molecular weight is 879 g/mol. The van der Waals surface area contributed by atoms with Crippen molar-refractivity contribution in [2.45, 2.75) is 105 Å². The third-order valence-electron chi connectivity index (χ3n) is 13.2. The number of esters is 2. The van der Waals surface area contributed by atoms with E-state index in [1.54, 1.807) is 26.0 Å². The number of carbonyl (C=O) groups excluding carboxylic acids is 2. The molecule has 0 heterocycles. The third-order valence-corrected chi connectivity index (χ3v) is 13.2. The highest BCUT2D eigenvalue weighted by Crippen LogP contribution is 2.47. The van der Waals surface area contributed by atoms with Gasteiger partial charge in [0.05, 0.1) is 13.2 Å². The third kappa shape index (κ3) is 11.6. The maximum Gasteiger partial charge on any atom is 0.333 e. The number of hydrogen-bond acceptors (Lipinski definition) is 6. The number of nitrogens with zero attached hydrogens (tertiary/aromatic N) is 2. The van der Waals surface area contributed by atoms with E-state index >= 15 is 0 Å². The van der Waals surface area contributed by atoms with Crippen LogP contribution >= 0.6 is 0 Å². The van der Waals surface area contributed by atoms with Gasteiger partial charge in [-0.05, 0) is 175 Å². The van der Waals surface area contributed by atoms with Gasteiger partial charge in [-0.2, -0.15) is 0 Å². The van der Waals surface area contributed by atoms with Crippen LogP contribution in [0.3, 0.4) is 0 Å². The molecule has 0 aromatic heterocycles. The molecule has 0 N–H and O–H groups in total. The van der Waals surface area contributed by atoms with E-state index in [2.05, 4.69) is 169 Å². The minimum Gasteiger partial charge on any atom is -0.462 e. The van der Waals surface area contributed by atoms with Crippen LogP contribution in [0.5, 0.6) is 0 Å². The number of benzene rings is 6. The van der Waals surface area contributed by atoms with E-state index in [1.165, 1.54) is 52.6 Å². The van der Waals surface area contributed by atoms with Gasteiger partial charge in [-0.3, -0.25) is 0 Å². The molecule has 0 aliphatic heterocycles. The van der Waals surface area contributed by atoms with Crippen molar-refractivity contribution in [3.05, 3.63) is 202 Å². The highest BCUT2D eigenvalue weighted by Gasteiger charge is 2.36. The first kappa shape index (κ1) is 47.3. The van der Waals surface area contributed by atoms with Gasteiger partial charge in [0.25, 0.3) is 0 Å². The molecule has 1 aliphatic rings. The van der Waals surface area contributed by atoms with Crippen molar-refractivity contribution in [3.63, 3.8) is 0 Å². The van der Waals surface area contributed by atoms with Gasteiger partial charge in [0.15, 0.2) is 0 Å². The summed E-state index contributed by atoms with van der Waals surface area (Å²) in [6.45, 7) is 12.3. The minimum atomic E-state index is -0.255. The molecule has 1 aliphatic carbocycles. The number of rotatable bonds is 18. The summed E-state index contributed by atoms with van der Waals surface area (Å²) in [6, 6.07) is 53.7. The van der Waals surface area contributed by atoms with Gasteiger partial charge in [-0.25, -0.2) is 9.59 Å². The Kier molecular flexibility index (Phi) is 16.1. The fraction of sp³-hybridized carbons (Fsp3) is 0.300. The van der Waals surface area contributed by atoms with Crippen molar-refractivity contribution in [3.8, 4) is 0 Å². The predicted octanol–water partition coefficient (Wildman–Crippen LogP) is 15.4. The first-order valence-electron chi connectivity index (χ1n) is 23.8. The highest BCUT2D eigenvalue weighted by atomic mass is 16.5. The van der Waals surface area contributed by atoms with Crippen molar-refractivity contribution >= 4 is 46.1 Å². The Morgan fingerprint density at radius 1 is 0.470 bits per heavy atom. The van der Waals surface area contributed by atoms with Gasteiger partial charge >= 0.3 is 11.9 Å². The Morgan fingerprint density at radius 3 is 1.09 bits per heavy atom. The van der Waals surface area contributed by atoms with Crippen LogP contribution < -0.4 is 9.80 Å². The second kappa shape index (κ2) is 22.5. The van der Waals surface area contributed by atoms with Gasteiger partial charge < -0.3 is 19.3 Å². The van der Waals surface area contributed by atoms with Crippen LogP contribution in [0.2, 0.25) is 0 Å². The van der Waals surface area contributed by atoms with E-state index in [0.29, 0.717) is 24.4 Å². The lowest BCUT2D eigenvalue weighted by molar-refractivity contribution is -0.139. The molecule has 0 radical (unpaired) electrons. The Labute approximate surface area is 393 Å². The van der Waals surface area contributed by atoms with Crippen molar-refractivity contribution < 1.29 is 19.1 Å². The van der Waals surface area contributed by atoms with Crippen LogP contribution in [-0.4, -0.2) is 25.2 Å². The van der Waals surface area contributed by atoms with Crippen molar-refractivity contribution in [1.82, 2.24) is 0 Å². The van der Waals surface area contributed by atoms with Crippen molar-refractivity contribution in [2.24, 2.45) is 0 Å². The normalized spacial score (nSPS) is 13.8. The Bertz CT molecular complexity index is 2440. The Morgan fingerprint density at radius 2 is 0.773 bits per heavy atom. The zero-order chi connectivity index (χ0) is 46.5. The summed E-state index contributed by atoms with van der Waals surface area (Å²) in [6.07, 6.45) is 12.6. The minimum absolute atomic E-state index is 0.0817. The molecule has 0 bridgehead atoms. The quantitative estimate of drug-likeness (QED) is 0.0487. The Hall–Kier alpha value is -6.66. The molecule has 6 aromatic carbocycles. The van der Waals surface area contributed by atoms with Gasteiger partial charge in [0.1, 0.15) is 0 Å². The molecule has 6 nitrogen and oxygen atoms in total. The average Bonchev–Trinajstić information content (AvgIpc) is 3.36. The molecule has 0 saturated heterocycles. The number of hydrogen-bond donors (Lipinski definition) is 0. The van der Waals surface area contributed by atoms with E-state index in [9.17, 15) is 9.59 Å². The summed E-state index contributed by atoms with van der Waals surface area (Å²) in [5.74, 6) is -0.510. The van der Waals surface area contributed by atoms with Crippen LogP contribution in [0.1, 0.15) is 106 Å². The van der Waals surface area contributed by atoms with Gasteiger partial charge in [0, 0.05) is 50.7 Å². The molecule has 1 saturated carbocycles. The highest BCUT2D eigenvalue weighted by molar-refractivity contribution is 5.88. The van der Waals surface area contributed by atoms with Crippen LogP contribution in [0.25, 0.3) is 0 Å². The number of carbonyl (C=O) groups is 2. The second-order valence-electron chi connectivity index (χ2n) is 17.8. The molecule has 66 heavy (non-hydrogen) atoms. The Balaban J connectivity index is 1.15. The summed E-state index contributed by atoms with van der Waals surface area (Å²) < 4.78 is 10.9. The van der Waals surface area contributed by atoms with E-state index in [-0.39, 0.29) is 17.4 Å². The van der Waals surface area contributed by atoms with Gasteiger partial charge in [0.2, 0.25) is 0 Å². The maximum absolute atomic E-state index is 12.1. The summed E-state index contributed by atoms with van der Waals surface area (Å²) in [5.41, 5.74) is 15.4. The predicted molar refractivity (Wildman–Crippen MR) is 273 cm³/mol. The van der Waals surface area contributed by atoms with E-state index in [1.807, 2.05) is 13.8 Å². The SMILES string of the molecule is C/C=C(\C)C(=O)OCCCc1ccc(N(c2ccc(CCCOC(=O)/C(C)=C/C)cc2)c2ccc(C3(c4ccc(N(c5ccc(C)cc5)c5ccc(C)cc5)cc4)CCCCC3)cc2)cc1. The topological polar surface area (TPSA) is 59.1 Å². The first-order valence-corrected chi connectivity index (χ1v) is 23.8. The van der Waals surface area contributed by atoms with Gasteiger partial charge in [-0.1, -0.05) is 115 Å². The standard InChI is InChI=1S/C60H66N2O4/c1-7-46(5)58(63)65-42-12-14-48-20-32-54(33-21-48)62(55-34-22-49(23-35-55)15-13-43-66-59(64)47(6)8-2)57-38-26-51(27-39-57)60(40-10-9-11-41-60)50-24-36-56(37-25-50)61(52-28-16-44(3)17-29-52)53-30-18-45(4)19-31-53/h7-8,16-39H,9-15,40-43H2,1-6H3/b46-7+,47-8+. The number of allylic oxidation sites excluding steroid dienone is 2. The second-order valence-corrected chi connectivity index (χ2v) is 17.8. The van der Waals surface area contributed by atoms with Crippen LogP contribution in [0, 0.1) is 13.8 Å². The van der Waals surface area contributed by atoms with E-state index in [0.717, 1.165) is 72.6 Å². The lowest BCUT2D eigenvalue weighted by Gasteiger charge is -2.39. The first-order chi connectivity index (χ1) is 32.1. The summed E-state index contributed by atoms with van der Waals surface area (Å²) in [5, 5.41) is 0. The molecule has 0 atom stereocenters. The smallest absolute Gasteiger partial charge is 0.333 e. The molecule has 6 heteroatoms. The van der Waals surface area contributed by atoms with Crippen LogP contribution in [-0.2, 0) is 37.3 Å². The fourth-order valence-electron chi connectivity index (χ4n) is 9.01. The molecular formula is C60H66N2O4. The van der Waals surface area contributed by atoms with E-state index in [4.69, 9.17) is 9.47 Å². The number of ether oxygens (including phenoxy) is 2. The monoisotopic (exact) mass is 879 g/mol. The molecule has 7 rings (SSSR count). The van der Waals surface area contributed by atoms with Crippen molar-refractivity contribution in [1.29, 1.82) is 0 Å². The molecular weight excluding hydrogens is 813 g/mol. The van der Waals surface area contributed by atoms with Crippen LogP contribution in [0.15, 0.2) is 169 Å². The largest absolute Gasteiger partial charge is 0.462 e. The van der Waals surface area contributed by atoms with Crippen LogP contribution in [0.4, 0.5) is 34.1 Å². The lowest BCUT2D eigenvalue weighted by Crippen LogP contribution is -2.30. The fourth-order valence-corrected chi connectivity index (χ4v) is 9.01.